The first-order chi connectivity index (χ1) is 7.65. The van der Waals surface area contributed by atoms with Gasteiger partial charge in [0.05, 0.1) is 0 Å². The third-order valence-electron chi connectivity index (χ3n) is 2.05. The van der Waals surface area contributed by atoms with Gasteiger partial charge in [-0.15, -0.1) is 0 Å². The Balaban J connectivity index is 2.01. The van der Waals surface area contributed by atoms with Crippen LogP contribution >= 0.6 is 11.6 Å². The van der Waals surface area contributed by atoms with E-state index in [4.69, 9.17) is 21.1 Å². The van der Waals surface area contributed by atoms with E-state index in [0.29, 0.717) is 16.5 Å². The number of hydrogen-bond acceptors (Lipinski definition) is 4. The van der Waals surface area contributed by atoms with E-state index >= 15 is 0 Å². The van der Waals surface area contributed by atoms with Crippen LogP contribution in [0.1, 0.15) is 0 Å². The molecule has 1 aromatic rings. The molecule has 0 radical (unpaired) electrons. The molecule has 1 aromatic carbocycles. The van der Waals surface area contributed by atoms with Crippen molar-refractivity contribution in [1.82, 2.24) is 4.72 Å². The predicted octanol–water partition coefficient (Wildman–Crippen LogP) is 0.863. The average Bonchev–Trinajstić information content (AvgIpc) is 2.26. The van der Waals surface area contributed by atoms with E-state index in [-0.39, 0.29) is 19.3 Å². The van der Waals surface area contributed by atoms with Gasteiger partial charge in [0.25, 0.3) is 0 Å². The molecule has 0 saturated heterocycles. The van der Waals surface area contributed by atoms with Crippen molar-refractivity contribution in [3.63, 3.8) is 0 Å². The van der Waals surface area contributed by atoms with E-state index in [0.717, 1.165) is 0 Å². The van der Waals surface area contributed by atoms with Gasteiger partial charge in [0.15, 0.2) is 11.5 Å². The smallest absolute Gasteiger partial charge is 0.162 e. The monoisotopic (exact) mass is 262 g/mol. The molecule has 2 atom stereocenters. The zero-order valence-electron chi connectivity index (χ0n) is 8.14. The molecule has 1 aliphatic heterocycles. The summed E-state index contributed by atoms with van der Waals surface area (Å²) in [6, 6.07) is 5.04. The van der Waals surface area contributed by atoms with Crippen molar-refractivity contribution in [2.24, 2.45) is 0 Å². The van der Waals surface area contributed by atoms with Crippen molar-refractivity contribution < 1.29 is 18.2 Å². The summed E-state index contributed by atoms with van der Waals surface area (Å²) in [5.41, 5.74) is 0. The van der Waals surface area contributed by atoms with Crippen molar-refractivity contribution in [2.45, 2.75) is 6.10 Å². The van der Waals surface area contributed by atoms with Crippen LogP contribution in [0.2, 0.25) is 5.02 Å². The lowest BCUT2D eigenvalue weighted by Gasteiger charge is -2.27. The molecule has 0 aliphatic carbocycles. The predicted molar refractivity (Wildman–Crippen MR) is 58.3 cm³/mol. The van der Waals surface area contributed by atoms with Crippen LogP contribution in [0, 0.1) is 0 Å². The van der Waals surface area contributed by atoms with Crippen molar-refractivity contribution in [3.05, 3.63) is 23.2 Å². The van der Waals surface area contributed by atoms with Gasteiger partial charge in [-0.2, -0.15) is 0 Å². The summed E-state index contributed by atoms with van der Waals surface area (Å²) >= 11 is 3.50. The van der Waals surface area contributed by atoms with Crippen LogP contribution in [0.5, 0.6) is 11.5 Å². The lowest BCUT2D eigenvalue weighted by atomic mass is 10.2. The SMILES string of the molecule is O=S([O-])NCC1COc2cc(Cl)ccc2O1. The zero-order valence-corrected chi connectivity index (χ0v) is 9.72. The molecular weight excluding hydrogens is 254 g/mol. The zero-order chi connectivity index (χ0) is 11.5. The Morgan fingerprint density at radius 3 is 3.12 bits per heavy atom. The van der Waals surface area contributed by atoms with Gasteiger partial charge in [0.2, 0.25) is 0 Å². The van der Waals surface area contributed by atoms with Crippen molar-refractivity contribution in [2.75, 3.05) is 13.2 Å². The molecule has 16 heavy (non-hydrogen) atoms. The molecule has 0 amide bonds. The molecule has 1 N–H and O–H groups in total. The molecule has 0 saturated carbocycles. The summed E-state index contributed by atoms with van der Waals surface area (Å²) in [5, 5.41) is 0.569. The van der Waals surface area contributed by atoms with E-state index in [1.54, 1.807) is 18.2 Å². The second kappa shape index (κ2) is 5.01. The summed E-state index contributed by atoms with van der Waals surface area (Å²) in [7, 11) is 0. The van der Waals surface area contributed by atoms with Gasteiger partial charge in [-0.3, -0.25) is 4.21 Å². The molecule has 0 fully saturated rings. The fourth-order valence-electron chi connectivity index (χ4n) is 1.35. The van der Waals surface area contributed by atoms with E-state index < -0.39 is 11.3 Å². The first-order valence-corrected chi connectivity index (χ1v) is 6.02. The Bertz CT molecular complexity index is 414. The van der Waals surface area contributed by atoms with Crippen LogP contribution < -0.4 is 14.2 Å². The largest absolute Gasteiger partial charge is 0.760 e. The van der Waals surface area contributed by atoms with Gasteiger partial charge in [-0.1, -0.05) is 11.6 Å². The molecule has 7 heteroatoms. The fraction of sp³-hybridized carbons (Fsp3) is 0.333. The minimum Gasteiger partial charge on any atom is -0.760 e. The highest BCUT2D eigenvalue weighted by Crippen LogP contribution is 2.33. The summed E-state index contributed by atoms with van der Waals surface area (Å²) in [4.78, 5) is 0. The highest BCUT2D eigenvalue weighted by Gasteiger charge is 2.20. The van der Waals surface area contributed by atoms with Gasteiger partial charge in [-0.25, -0.2) is 4.72 Å². The number of ether oxygens (including phenoxy) is 2. The third kappa shape index (κ3) is 2.85. The molecule has 5 nitrogen and oxygen atoms in total. The van der Waals surface area contributed by atoms with Crippen LogP contribution in [0.4, 0.5) is 0 Å². The number of halogens is 1. The molecule has 88 valence electrons. The lowest BCUT2D eigenvalue weighted by molar-refractivity contribution is 0.0942. The molecule has 0 bridgehead atoms. The number of hydrogen-bond donors (Lipinski definition) is 1. The highest BCUT2D eigenvalue weighted by molar-refractivity contribution is 7.77. The Labute approximate surface area is 100 Å². The highest BCUT2D eigenvalue weighted by atomic mass is 35.5. The second-order valence-corrected chi connectivity index (χ2v) is 4.42. The summed E-state index contributed by atoms with van der Waals surface area (Å²) in [6.07, 6.45) is -0.327. The molecular formula is C9H9ClNO4S-. The van der Waals surface area contributed by atoms with E-state index in [9.17, 15) is 8.76 Å². The fourth-order valence-corrected chi connectivity index (χ4v) is 1.83. The first-order valence-electron chi connectivity index (χ1n) is 4.57. The Hall–Kier alpha value is -0.820. The minimum absolute atomic E-state index is 0.179. The van der Waals surface area contributed by atoms with Crippen molar-refractivity contribution in [3.8, 4) is 11.5 Å². The van der Waals surface area contributed by atoms with E-state index in [1.165, 1.54) is 0 Å². The van der Waals surface area contributed by atoms with Gasteiger partial charge in [0, 0.05) is 28.9 Å². The maximum absolute atomic E-state index is 10.3. The van der Waals surface area contributed by atoms with Crippen LogP contribution in [-0.2, 0) is 11.3 Å². The third-order valence-corrected chi connectivity index (χ3v) is 2.69. The summed E-state index contributed by atoms with van der Waals surface area (Å²) in [6.45, 7) is 0.468. The van der Waals surface area contributed by atoms with Gasteiger partial charge in [0.1, 0.15) is 12.7 Å². The van der Waals surface area contributed by atoms with Crippen LogP contribution in [0.3, 0.4) is 0 Å². The second-order valence-electron chi connectivity index (χ2n) is 3.23. The minimum atomic E-state index is -2.29. The summed E-state index contributed by atoms with van der Waals surface area (Å²) in [5.74, 6) is 1.14. The van der Waals surface area contributed by atoms with Gasteiger partial charge < -0.3 is 14.0 Å². The average molecular weight is 263 g/mol. The number of benzene rings is 1. The van der Waals surface area contributed by atoms with Gasteiger partial charge in [-0.05, 0) is 12.1 Å². The van der Waals surface area contributed by atoms with Crippen LogP contribution in [0.25, 0.3) is 0 Å². The lowest BCUT2D eigenvalue weighted by Crippen LogP contribution is -2.39. The van der Waals surface area contributed by atoms with E-state index in [1.807, 2.05) is 0 Å². The number of nitrogens with one attached hydrogen (secondary N) is 1. The van der Waals surface area contributed by atoms with E-state index in [2.05, 4.69) is 4.72 Å². The van der Waals surface area contributed by atoms with Gasteiger partial charge >= 0.3 is 0 Å². The number of rotatable bonds is 3. The number of fused-ring (bicyclic) bond motifs is 1. The Morgan fingerprint density at radius 2 is 2.38 bits per heavy atom. The molecule has 1 aliphatic rings. The molecule has 1 heterocycles. The first kappa shape index (κ1) is 11.7. The maximum Gasteiger partial charge on any atom is 0.162 e. The van der Waals surface area contributed by atoms with Crippen LogP contribution in [-0.4, -0.2) is 28.0 Å². The molecule has 0 aromatic heterocycles. The Morgan fingerprint density at radius 1 is 1.56 bits per heavy atom. The summed E-state index contributed by atoms with van der Waals surface area (Å²) < 4.78 is 33.8. The molecule has 2 unspecified atom stereocenters. The van der Waals surface area contributed by atoms with Crippen molar-refractivity contribution >= 4 is 22.9 Å². The maximum atomic E-state index is 10.3. The quantitative estimate of drug-likeness (QED) is 0.821. The topological polar surface area (TPSA) is 70.6 Å². The standard InChI is InChI=1S/C9H10ClNO4S/c10-6-1-2-8-9(3-6)14-5-7(15-8)4-11-16(12)13/h1-3,7,11H,4-5H2,(H,12,13)/p-1. The Kier molecular flexibility index (Phi) is 3.65. The molecule has 0 spiro atoms. The normalized spacial score (nSPS) is 20.5. The molecule has 2 rings (SSSR count). The van der Waals surface area contributed by atoms with Crippen LogP contribution in [0.15, 0.2) is 18.2 Å². The van der Waals surface area contributed by atoms with Crippen molar-refractivity contribution in [1.29, 1.82) is 0 Å².